The first kappa shape index (κ1) is 19.3. The van der Waals surface area contributed by atoms with Crippen molar-refractivity contribution in [1.29, 1.82) is 0 Å². The molecule has 4 nitrogen and oxygen atoms in total. The van der Waals surface area contributed by atoms with Crippen molar-refractivity contribution in [3.63, 3.8) is 0 Å². The number of Topliss-reactive ketones (excluding diaryl/α,β-unsaturated/α-hetero) is 1. The molecule has 0 aliphatic carbocycles. The summed E-state index contributed by atoms with van der Waals surface area (Å²) >= 11 is 3.36. The molecule has 1 aliphatic rings. The summed E-state index contributed by atoms with van der Waals surface area (Å²) in [5, 5.41) is 11.2. The number of terminal acetylenes is 1. The van der Waals surface area contributed by atoms with Crippen LogP contribution in [0.25, 0.3) is 0 Å². The minimum atomic E-state index is -1.93. The molecule has 1 amide bonds. The number of carbonyl (C=O) groups excluding carboxylic acids is 2. The quantitative estimate of drug-likeness (QED) is 0.581. The fraction of sp³-hybridized carbons (Fsp3) is 0.273. The number of halogens is 1. The molecule has 1 atom stereocenters. The third kappa shape index (κ3) is 3.43. The second-order valence-electron chi connectivity index (χ2n) is 6.99. The maximum Gasteiger partial charge on any atom is 0.265 e. The first-order chi connectivity index (χ1) is 12.8. The molecule has 0 saturated heterocycles. The number of nitrogens with zero attached hydrogens (tertiary/aromatic N) is 1. The molecule has 0 radical (unpaired) electrons. The van der Waals surface area contributed by atoms with E-state index in [9.17, 15) is 14.7 Å². The van der Waals surface area contributed by atoms with Crippen LogP contribution in [0, 0.1) is 12.3 Å². The van der Waals surface area contributed by atoms with Crippen molar-refractivity contribution < 1.29 is 14.7 Å². The average Bonchev–Trinajstić information content (AvgIpc) is 2.84. The fourth-order valence-corrected chi connectivity index (χ4v) is 3.69. The highest BCUT2D eigenvalue weighted by atomic mass is 79.9. The normalized spacial score (nSPS) is 18.5. The summed E-state index contributed by atoms with van der Waals surface area (Å²) in [7, 11) is 0. The lowest BCUT2D eigenvalue weighted by Gasteiger charge is -2.22. The molecule has 3 rings (SSSR count). The van der Waals surface area contributed by atoms with Gasteiger partial charge in [0.25, 0.3) is 5.91 Å². The third-order valence-corrected chi connectivity index (χ3v) is 5.35. The summed E-state index contributed by atoms with van der Waals surface area (Å²) < 4.78 is 0.712. The second kappa shape index (κ2) is 7.30. The molecule has 5 heteroatoms. The molecule has 1 N–H and O–H groups in total. The Morgan fingerprint density at radius 2 is 1.93 bits per heavy atom. The Hall–Kier alpha value is -2.42. The van der Waals surface area contributed by atoms with E-state index in [1.165, 1.54) is 4.90 Å². The zero-order chi connectivity index (χ0) is 19.8. The van der Waals surface area contributed by atoms with Gasteiger partial charge in [-0.1, -0.05) is 60.0 Å². The Kier molecular flexibility index (Phi) is 5.23. The van der Waals surface area contributed by atoms with Crippen LogP contribution in [-0.4, -0.2) is 23.3 Å². The summed E-state index contributed by atoms with van der Waals surface area (Å²) in [5.41, 5.74) is 0.587. The molecule has 138 valence electrons. The lowest BCUT2D eigenvalue weighted by Crippen LogP contribution is -2.42. The van der Waals surface area contributed by atoms with Gasteiger partial charge >= 0.3 is 0 Å². The van der Waals surface area contributed by atoms with Crippen LogP contribution in [0.1, 0.15) is 47.7 Å². The smallest absolute Gasteiger partial charge is 0.265 e. The highest BCUT2D eigenvalue weighted by Crippen LogP contribution is 2.44. The third-order valence-electron chi connectivity index (χ3n) is 4.86. The van der Waals surface area contributed by atoms with Gasteiger partial charge in [0.05, 0.1) is 18.7 Å². The number of hydrogen-bond acceptors (Lipinski definition) is 3. The topological polar surface area (TPSA) is 57.6 Å². The second-order valence-corrected chi connectivity index (χ2v) is 7.91. The number of rotatable bonds is 5. The standard InChI is InChI=1S/C22H20BrNO3/c1-4-11-24-19-10-9-17(23)12-18(19)22(27,21(24)26)13-20(25)16-7-5-15(6-8-16)14(2)3/h1,5-10,12,14,27H,11,13H2,2-3H3. The van der Waals surface area contributed by atoms with Gasteiger partial charge in [0, 0.05) is 15.6 Å². The van der Waals surface area contributed by atoms with Crippen molar-refractivity contribution in [3.05, 3.63) is 63.6 Å². The lowest BCUT2D eigenvalue weighted by molar-refractivity contribution is -0.135. The largest absolute Gasteiger partial charge is 0.375 e. The number of amides is 1. The van der Waals surface area contributed by atoms with Crippen LogP contribution >= 0.6 is 15.9 Å². The number of carbonyl (C=O) groups is 2. The molecule has 0 aromatic heterocycles. The Labute approximate surface area is 167 Å². The number of fused-ring (bicyclic) bond motifs is 1. The lowest BCUT2D eigenvalue weighted by atomic mass is 9.87. The molecule has 2 aromatic carbocycles. The van der Waals surface area contributed by atoms with Gasteiger partial charge in [-0.2, -0.15) is 0 Å². The maximum atomic E-state index is 12.9. The number of anilines is 1. The predicted molar refractivity (Wildman–Crippen MR) is 109 cm³/mol. The predicted octanol–water partition coefficient (Wildman–Crippen LogP) is 4.01. The first-order valence-electron chi connectivity index (χ1n) is 8.69. The zero-order valence-electron chi connectivity index (χ0n) is 15.2. The molecule has 1 heterocycles. The van der Waals surface area contributed by atoms with Crippen molar-refractivity contribution in [2.45, 2.75) is 31.8 Å². The van der Waals surface area contributed by atoms with E-state index in [0.29, 0.717) is 27.2 Å². The van der Waals surface area contributed by atoms with Crippen molar-refractivity contribution in [1.82, 2.24) is 0 Å². The highest BCUT2D eigenvalue weighted by molar-refractivity contribution is 9.10. The van der Waals surface area contributed by atoms with Gasteiger partial charge in [-0.3, -0.25) is 14.5 Å². The van der Waals surface area contributed by atoms with Crippen LogP contribution in [0.4, 0.5) is 5.69 Å². The van der Waals surface area contributed by atoms with Crippen LogP contribution in [-0.2, 0) is 10.4 Å². The summed E-state index contributed by atoms with van der Waals surface area (Å²) in [4.78, 5) is 27.1. The van der Waals surface area contributed by atoms with E-state index < -0.39 is 11.5 Å². The van der Waals surface area contributed by atoms with Gasteiger partial charge in [0.15, 0.2) is 11.4 Å². The van der Waals surface area contributed by atoms with Crippen LogP contribution < -0.4 is 4.90 Å². The molecule has 27 heavy (non-hydrogen) atoms. The molecular formula is C22H20BrNO3. The minimum Gasteiger partial charge on any atom is -0.375 e. The summed E-state index contributed by atoms with van der Waals surface area (Å²) in [6, 6.07) is 12.4. The van der Waals surface area contributed by atoms with E-state index in [4.69, 9.17) is 6.42 Å². The number of hydrogen-bond donors (Lipinski definition) is 1. The fourth-order valence-electron chi connectivity index (χ4n) is 3.33. The minimum absolute atomic E-state index is 0.0348. The molecule has 2 aromatic rings. The number of aliphatic hydroxyl groups is 1. The Balaban J connectivity index is 1.95. The van der Waals surface area contributed by atoms with Crippen LogP contribution in [0.2, 0.25) is 0 Å². The van der Waals surface area contributed by atoms with E-state index in [-0.39, 0.29) is 18.7 Å². The van der Waals surface area contributed by atoms with Crippen molar-refractivity contribution in [2.75, 3.05) is 11.4 Å². The maximum absolute atomic E-state index is 12.9. The molecule has 0 saturated carbocycles. The van der Waals surface area contributed by atoms with E-state index in [0.717, 1.165) is 5.56 Å². The first-order valence-corrected chi connectivity index (χ1v) is 9.48. The molecule has 1 aliphatic heterocycles. The summed E-state index contributed by atoms with van der Waals surface area (Å²) in [6.45, 7) is 4.18. The molecule has 0 spiro atoms. The zero-order valence-corrected chi connectivity index (χ0v) is 16.8. The van der Waals surface area contributed by atoms with Crippen LogP contribution in [0.3, 0.4) is 0 Å². The van der Waals surface area contributed by atoms with E-state index in [1.54, 1.807) is 30.3 Å². The van der Waals surface area contributed by atoms with E-state index >= 15 is 0 Å². The van der Waals surface area contributed by atoms with Gasteiger partial charge < -0.3 is 5.11 Å². The van der Waals surface area contributed by atoms with Crippen molar-refractivity contribution in [2.24, 2.45) is 0 Å². The summed E-state index contributed by atoms with van der Waals surface area (Å²) in [5.74, 6) is 1.92. The van der Waals surface area contributed by atoms with Gasteiger partial charge in [-0.25, -0.2) is 0 Å². The molecule has 1 unspecified atom stereocenters. The van der Waals surface area contributed by atoms with Gasteiger partial charge in [-0.15, -0.1) is 6.42 Å². The van der Waals surface area contributed by atoms with Gasteiger partial charge in [0.2, 0.25) is 0 Å². The van der Waals surface area contributed by atoms with Gasteiger partial charge in [-0.05, 0) is 29.7 Å². The Bertz CT molecular complexity index is 943. The van der Waals surface area contributed by atoms with E-state index in [2.05, 4.69) is 35.7 Å². The molecular weight excluding hydrogens is 406 g/mol. The number of ketones is 1. The molecule has 0 bridgehead atoms. The monoisotopic (exact) mass is 425 g/mol. The van der Waals surface area contributed by atoms with Crippen molar-refractivity contribution in [3.8, 4) is 12.3 Å². The van der Waals surface area contributed by atoms with E-state index in [1.807, 2.05) is 12.1 Å². The highest BCUT2D eigenvalue weighted by Gasteiger charge is 2.50. The van der Waals surface area contributed by atoms with Crippen molar-refractivity contribution >= 4 is 33.3 Å². The SMILES string of the molecule is C#CCN1C(=O)C(O)(CC(=O)c2ccc(C(C)C)cc2)c2cc(Br)ccc21. The van der Waals surface area contributed by atoms with Crippen LogP contribution in [0.15, 0.2) is 46.9 Å². The molecule has 0 fully saturated rings. The van der Waals surface area contributed by atoms with Crippen LogP contribution in [0.5, 0.6) is 0 Å². The summed E-state index contributed by atoms with van der Waals surface area (Å²) in [6.07, 6.45) is 5.04. The van der Waals surface area contributed by atoms with Gasteiger partial charge in [0.1, 0.15) is 0 Å². The Morgan fingerprint density at radius 3 is 2.52 bits per heavy atom. The average molecular weight is 426 g/mol. The number of benzene rings is 2. The Morgan fingerprint density at radius 1 is 1.26 bits per heavy atom.